The number of esters is 1. The molecule has 0 aliphatic carbocycles. The Morgan fingerprint density at radius 2 is 2.00 bits per heavy atom. The monoisotopic (exact) mass is 290 g/mol. The third kappa shape index (κ3) is 5.86. The molecule has 1 aliphatic heterocycles. The fourth-order valence-electron chi connectivity index (χ4n) is 2.73. The van der Waals surface area contributed by atoms with Crippen molar-refractivity contribution in [1.82, 2.24) is 10.2 Å². The fraction of sp³-hybridized carbons (Fsp3) is 0.588. The van der Waals surface area contributed by atoms with Crippen LogP contribution in [0.5, 0.6) is 0 Å². The van der Waals surface area contributed by atoms with Crippen molar-refractivity contribution in [2.45, 2.75) is 32.2 Å². The van der Waals surface area contributed by atoms with Gasteiger partial charge in [0.1, 0.15) is 0 Å². The number of piperidine rings is 1. The van der Waals surface area contributed by atoms with E-state index in [2.05, 4.69) is 40.5 Å². The lowest BCUT2D eigenvalue weighted by Crippen LogP contribution is -2.44. The Morgan fingerprint density at radius 1 is 1.29 bits per heavy atom. The number of likely N-dealkylation sites (tertiary alicyclic amines) is 1. The van der Waals surface area contributed by atoms with Crippen molar-refractivity contribution >= 4 is 5.97 Å². The molecule has 0 saturated carbocycles. The number of ether oxygens (including phenoxy) is 1. The minimum atomic E-state index is -0.149. The quantitative estimate of drug-likeness (QED) is 0.778. The smallest absolute Gasteiger partial charge is 0.319 e. The van der Waals surface area contributed by atoms with Gasteiger partial charge in [-0.25, -0.2) is 0 Å². The van der Waals surface area contributed by atoms with Crippen LogP contribution in [0, 0.1) is 0 Å². The normalized spacial score (nSPS) is 16.8. The molecule has 116 valence electrons. The zero-order valence-corrected chi connectivity index (χ0v) is 12.9. The highest BCUT2D eigenvalue weighted by Crippen LogP contribution is 2.11. The molecule has 0 unspecified atom stereocenters. The first-order valence-corrected chi connectivity index (χ1v) is 7.93. The van der Waals surface area contributed by atoms with Gasteiger partial charge in [0.2, 0.25) is 0 Å². The van der Waals surface area contributed by atoms with Crippen LogP contribution in [0.1, 0.15) is 25.3 Å². The Labute approximate surface area is 127 Å². The maximum Gasteiger partial charge on any atom is 0.319 e. The third-order valence-corrected chi connectivity index (χ3v) is 3.99. The van der Waals surface area contributed by atoms with E-state index in [1.54, 1.807) is 0 Å². The van der Waals surface area contributed by atoms with Gasteiger partial charge in [-0.2, -0.15) is 0 Å². The SMILES string of the molecule is CCOC(=O)CNC1CCN(CCc2ccccc2)CC1. The highest BCUT2D eigenvalue weighted by Gasteiger charge is 2.19. The third-order valence-electron chi connectivity index (χ3n) is 3.99. The molecule has 0 amide bonds. The summed E-state index contributed by atoms with van der Waals surface area (Å²) in [5.41, 5.74) is 1.40. The predicted molar refractivity (Wildman–Crippen MR) is 84.2 cm³/mol. The van der Waals surface area contributed by atoms with Crippen LogP contribution < -0.4 is 5.32 Å². The molecule has 1 aromatic carbocycles. The van der Waals surface area contributed by atoms with Crippen molar-refractivity contribution < 1.29 is 9.53 Å². The van der Waals surface area contributed by atoms with Gasteiger partial charge in [-0.05, 0) is 44.8 Å². The largest absolute Gasteiger partial charge is 0.465 e. The predicted octanol–water partition coefficient (Wildman–Crippen LogP) is 1.85. The van der Waals surface area contributed by atoms with Crippen LogP contribution in [0.2, 0.25) is 0 Å². The number of rotatable bonds is 7. The minimum Gasteiger partial charge on any atom is -0.465 e. The molecular formula is C17H26N2O2. The molecule has 0 aromatic heterocycles. The van der Waals surface area contributed by atoms with E-state index in [0.29, 0.717) is 19.2 Å². The maximum atomic E-state index is 11.3. The minimum absolute atomic E-state index is 0.149. The standard InChI is InChI=1S/C17H26N2O2/c1-2-21-17(20)14-18-16-9-12-19(13-10-16)11-8-15-6-4-3-5-7-15/h3-7,16,18H,2,8-14H2,1H3. The second kappa shape index (κ2) is 8.80. The summed E-state index contributed by atoms with van der Waals surface area (Å²) in [4.78, 5) is 13.8. The highest BCUT2D eigenvalue weighted by molar-refractivity contribution is 5.71. The summed E-state index contributed by atoms with van der Waals surface area (Å²) in [6, 6.07) is 11.1. The molecule has 0 bridgehead atoms. The van der Waals surface area contributed by atoms with Gasteiger partial charge in [0.25, 0.3) is 0 Å². The lowest BCUT2D eigenvalue weighted by molar-refractivity contribution is -0.142. The van der Waals surface area contributed by atoms with Crippen LogP contribution in [0.4, 0.5) is 0 Å². The Kier molecular flexibility index (Phi) is 6.70. The Bertz CT molecular complexity index is 414. The van der Waals surface area contributed by atoms with E-state index in [0.717, 1.165) is 38.9 Å². The van der Waals surface area contributed by atoms with Crippen LogP contribution >= 0.6 is 0 Å². The lowest BCUT2D eigenvalue weighted by Gasteiger charge is -2.32. The van der Waals surface area contributed by atoms with Gasteiger partial charge in [-0.1, -0.05) is 30.3 Å². The van der Waals surface area contributed by atoms with Gasteiger partial charge < -0.3 is 15.0 Å². The van der Waals surface area contributed by atoms with E-state index in [1.165, 1.54) is 5.56 Å². The van der Waals surface area contributed by atoms with Crippen molar-refractivity contribution in [3.63, 3.8) is 0 Å². The first-order chi connectivity index (χ1) is 10.3. The Morgan fingerprint density at radius 3 is 2.67 bits per heavy atom. The summed E-state index contributed by atoms with van der Waals surface area (Å²) >= 11 is 0. The molecular weight excluding hydrogens is 264 g/mol. The highest BCUT2D eigenvalue weighted by atomic mass is 16.5. The first kappa shape index (κ1) is 16.0. The van der Waals surface area contributed by atoms with Gasteiger partial charge in [0.15, 0.2) is 0 Å². The molecule has 0 atom stereocenters. The zero-order valence-electron chi connectivity index (χ0n) is 12.9. The second-order valence-electron chi connectivity index (χ2n) is 5.54. The van der Waals surface area contributed by atoms with E-state index in [9.17, 15) is 4.79 Å². The second-order valence-corrected chi connectivity index (χ2v) is 5.54. The van der Waals surface area contributed by atoms with Gasteiger partial charge in [-0.15, -0.1) is 0 Å². The summed E-state index contributed by atoms with van der Waals surface area (Å²) in [6.45, 7) is 5.96. The molecule has 4 nitrogen and oxygen atoms in total. The molecule has 1 N–H and O–H groups in total. The molecule has 0 spiro atoms. The lowest BCUT2D eigenvalue weighted by atomic mass is 10.0. The van der Waals surface area contributed by atoms with Crippen LogP contribution in [-0.2, 0) is 16.0 Å². The maximum absolute atomic E-state index is 11.3. The van der Waals surface area contributed by atoms with Crippen molar-refractivity contribution in [3.05, 3.63) is 35.9 Å². The summed E-state index contributed by atoms with van der Waals surface area (Å²) in [5, 5.41) is 3.30. The number of carbonyl (C=O) groups is 1. The number of hydrogen-bond donors (Lipinski definition) is 1. The summed E-state index contributed by atoms with van der Waals surface area (Å²) < 4.78 is 4.93. The van der Waals surface area contributed by atoms with Gasteiger partial charge in [-0.3, -0.25) is 4.79 Å². The molecule has 1 fully saturated rings. The Hall–Kier alpha value is -1.39. The van der Waals surface area contributed by atoms with E-state index < -0.39 is 0 Å². The number of benzene rings is 1. The topological polar surface area (TPSA) is 41.6 Å². The number of nitrogens with one attached hydrogen (secondary N) is 1. The van der Waals surface area contributed by atoms with E-state index in [-0.39, 0.29) is 5.97 Å². The fourth-order valence-corrected chi connectivity index (χ4v) is 2.73. The van der Waals surface area contributed by atoms with Gasteiger partial charge >= 0.3 is 5.97 Å². The first-order valence-electron chi connectivity index (χ1n) is 7.93. The van der Waals surface area contributed by atoms with Crippen molar-refractivity contribution in [3.8, 4) is 0 Å². The number of carbonyl (C=O) groups excluding carboxylic acids is 1. The molecule has 1 saturated heterocycles. The van der Waals surface area contributed by atoms with Gasteiger partial charge in [0.05, 0.1) is 13.2 Å². The summed E-state index contributed by atoms with van der Waals surface area (Å²) in [6.07, 6.45) is 3.32. The summed E-state index contributed by atoms with van der Waals surface area (Å²) in [7, 11) is 0. The molecule has 1 aliphatic rings. The molecule has 1 heterocycles. The van der Waals surface area contributed by atoms with E-state index in [4.69, 9.17) is 4.74 Å². The van der Waals surface area contributed by atoms with Crippen LogP contribution in [0.15, 0.2) is 30.3 Å². The van der Waals surface area contributed by atoms with Crippen LogP contribution in [-0.4, -0.2) is 49.7 Å². The molecule has 4 heteroatoms. The summed E-state index contributed by atoms with van der Waals surface area (Å²) in [5.74, 6) is -0.149. The average Bonchev–Trinajstić information content (AvgIpc) is 2.53. The van der Waals surface area contributed by atoms with Crippen LogP contribution in [0.3, 0.4) is 0 Å². The molecule has 2 rings (SSSR count). The van der Waals surface area contributed by atoms with Crippen molar-refractivity contribution in [2.75, 3.05) is 32.8 Å². The van der Waals surface area contributed by atoms with Crippen molar-refractivity contribution in [1.29, 1.82) is 0 Å². The number of nitrogens with zero attached hydrogens (tertiary/aromatic N) is 1. The molecule has 1 aromatic rings. The molecule has 21 heavy (non-hydrogen) atoms. The average molecular weight is 290 g/mol. The van der Waals surface area contributed by atoms with E-state index >= 15 is 0 Å². The zero-order chi connectivity index (χ0) is 14.9. The Balaban J connectivity index is 1.61. The van der Waals surface area contributed by atoms with Gasteiger partial charge in [0, 0.05) is 12.6 Å². The van der Waals surface area contributed by atoms with E-state index in [1.807, 2.05) is 6.92 Å². The number of hydrogen-bond acceptors (Lipinski definition) is 4. The van der Waals surface area contributed by atoms with Crippen LogP contribution in [0.25, 0.3) is 0 Å². The van der Waals surface area contributed by atoms with Crippen molar-refractivity contribution in [2.24, 2.45) is 0 Å². The molecule has 0 radical (unpaired) electrons.